The molecule has 1 atom stereocenters. The van der Waals surface area contributed by atoms with Crippen molar-refractivity contribution in [3.63, 3.8) is 0 Å². The molecule has 0 bridgehead atoms. The lowest BCUT2D eigenvalue weighted by atomic mass is 9.81. The van der Waals surface area contributed by atoms with Crippen LogP contribution < -0.4 is 16.6 Å². The summed E-state index contributed by atoms with van der Waals surface area (Å²) in [7, 11) is 0. The predicted octanol–water partition coefficient (Wildman–Crippen LogP) is 2.94. The summed E-state index contributed by atoms with van der Waals surface area (Å²) in [6.45, 7) is 3.56. The minimum Gasteiger partial charge on any atom is -0.356 e. The number of likely N-dealkylation sites (tertiary alicyclic amines) is 1. The molecule has 0 radical (unpaired) electrons. The number of carbonyl (C=O) groups is 1. The van der Waals surface area contributed by atoms with Crippen LogP contribution in [0.3, 0.4) is 0 Å². The number of carbonyl (C=O) groups excluding carboxylic acids is 1. The summed E-state index contributed by atoms with van der Waals surface area (Å²) in [5, 5.41) is 5.06. The topological polar surface area (TPSA) is 87.2 Å². The molecule has 2 aliphatic carbocycles. The largest absolute Gasteiger partial charge is 0.356 e. The Bertz CT molecular complexity index is 1060. The Morgan fingerprint density at radius 1 is 1.06 bits per heavy atom. The lowest BCUT2D eigenvalue weighted by Gasteiger charge is -2.28. The first-order valence-corrected chi connectivity index (χ1v) is 13.2. The average molecular weight is 459 g/mol. The van der Waals surface area contributed by atoms with Crippen LogP contribution in [0, 0.1) is 17.8 Å². The molecule has 8 heteroatoms. The molecule has 1 saturated heterocycles. The molecule has 0 spiro atoms. The van der Waals surface area contributed by atoms with Crippen LogP contribution in [0.2, 0.25) is 0 Å². The number of rotatable bonds is 6. The standard InChI is InChI=1S/C24H34N4O3S/c29-22(25-13-17-9-11-27(14-17)19-3-1-2-4-19)18-7-5-16(6-8-18)15-28-23(30)21-20(10-12-32-21)26-24(28)31/h10,12,16-19H,1-9,11,13-15H2,(H,25,29)(H,26,31). The Morgan fingerprint density at radius 3 is 2.62 bits per heavy atom. The van der Waals surface area contributed by atoms with Crippen molar-refractivity contribution >= 4 is 27.5 Å². The number of fused-ring (bicyclic) bond motifs is 1. The maximum Gasteiger partial charge on any atom is 0.328 e. The van der Waals surface area contributed by atoms with Crippen molar-refractivity contribution in [2.45, 2.75) is 70.4 Å². The normalized spacial score (nSPS) is 27.3. The van der Waals surface area contributed by atoms with Crippen molar-refractivity contribution in [2.75, 3.05) is 19.6 Å². The highest BCUT2D eigenvalue weighted by Crippen LogP contribution is 2.31. The van der Waals surface area contributed by atoms with Crippen LogP contribution in [0.1, 0.15) is 57.8 Å². The van der Waals surface area contributed by atoms with Crippen molar-refractivity contribution in [1.29, 1.82) is 0 Å². The van der Waals surface area contributed by atoms with Gasteiger partial charge in [0.1, 0.15) is 4.70 Å². The Kier molecular flexibility index (Phi) is 6.51. The van der Waals surface area contributed by atoms with Gasteiger partial charge in [-0.15, -0.1) is 11.3 Å². The van der Waals surface area contributed by atoms with Crippen molar-refractivity contribution in [2.24, 2.45) is 17.8 Å². The van der Waals surface area contributed by atoms with Gasteiger partial charge in [0.05, 0.1) is 5.52 Å². The van der Waals surface area contributed by atoms with Gasteiger partial charge in [0.25, 0.3) is 5.56 Å². The number of aromatic nitrogens is 2. The highest BCUT2D eigenvalue weighted by molar-refractivity contribution is 7.17. The van der Waals surface area contributed by atoms with Gasteiger partial charge in [0.2, 0.25) is 5.91 Å². The molecule has 5 rings (SSSR count). The van der Waals surface area contributed by atoms with Gasteiger partial charge in [-0.25, -0.2) is 4.79 Å². The molecule has 1 aliphatic heterocycles. The third-order valence-electron chi connectivity index (χ3n) is 7.97. The Labute approximate surface area is 192 Å². The van der Waals surface area contributed by atoms with E-state index in [2.05, 4.69) is 15.2 Å². The van der Waals surface area contributed by atoms with E-state index in [1.54, 1.807) is 6.07 Å². The van der Waals surface area contributed by atoms with Gasteiger partial charge >= 0.3 is 5.69 Å². The predicted molar refractivity (Wildman–Crippen MR) is 127 cm³/mol. The third-order valence-corrected chi connectivity index (χ3v) is 8.88. The number of amides is 1. The van der Waals surface area contributed by atoms with Gasteiger partial charge in [-0.3, -0.25) is 14.2 Å². The van der Waals surface area contributed by atoms with Gasteiger partial charge < -0.3 is 15.2 Å². The molecule has 2 N–H and O–H groups in total. The molecule has 1 amide bonds. The van der Waals surface area contributed by atoms with E-state index in [1.165, 1.54) is 54.6 Å². The Hall–Kier alpha value is -1.93. The number of aromatic amines is 1. The van der Waals surface area contributed by atoms with Crippen LogP contribution >= 0.6 is 11.3 Å². The molecule has 2 saturated carbocycles. The van der Waals surface area contributed by atoms with E-state index in [0.717, 1.165) is 44.8 Å². The van der Waals surface area contributed by atoms with Gasteiger partial charge in [0.15, 0.2) is 0 Å². The minimum absolute atomic E-state index is 0.0633. The van der Waals surface area contributed by atoms with Crippen LogP contribution in [-0.4, -0.2) is 46.0 Å². The molecule has 3 aliphatic rings. The molecular formula is C24H34N4O3S. The minimum atomic E-state index is -0.330. The second-order valence-corrected chi connectivity index (χ2v) is 11.0. The van der Waals surface area contributed by atoms with Crippen molar-refractivity contribution in [3.05, 3.63) is 32.3 Å². The quantitative estimate of drug-likeness (QED) is 0.697. The highest BCUT2D eigenvalue weighted by atomic mass is 32.1. The first-order valence-electron chi connectivity index (χ1n) is 12.3. The van der Waals surface area contributed by atoms with Gasteiger partial charge in [-0.1, -0.05) is 12.8 Å². The molecular weight excluding hydrogens is 424 g/mol. The van der Waals surface area contributed by atoms with Crippen LogP contribution in [0.5, 0.6) is 0 Å². The molecule has 2 aromatic rings. The van der Waals surface area contributed by atoms with Gasteiger partial charge in [-0.2, -0.15) is 0 Å². The van der Waals surface area contributed by atoms with E-state index < -0.39 is 0 Å². The molecule has 32 heavy (non-hydrogen) atoms. The fourth-order valence-corrected chi connectivity index (χ4v) is 6.82. The van der Waals surface area contributed by atoms with Crippen molar-refractivity contribution in [3.8, 4) is 0 Å². The summed E-state index contributed by atoms with van der Waals surface area (Å²) in [5.41, 5.74) is 0.0982. The van der Waals surface area contributed by atoms with E-state index in [0.29, 0.717) is 22.7 Å². The Balaban J connectivity index is 1.08. The van der Waals surface area contributed by atoms with Crippen LogP contribution in [0.15, 0.2) is 21.0 Å². The number of hydrogen-bond acceptors (Lipinski definition) is 5. The molecule has 174 valence electrons. The maximum absolute atomic E-state index is 12.7. The van der Waals surface area contributed by atoms with Crippen molar-refractivity contribution in [1.82, 2.24) is 19.8 Å². The lowest BCUT2D eigenvalue weighted by Crippen LogP contribution is -2.39. The Morgan fingerprint density at radius 2 is 1.84 bits per heavy atom. The van der Waals surface area contributed by atoms with Gasteiger partial charge in [-0.05, 0) is 74.8 Å². The zero-order chi connectivity index (χ0) is 22.1. The molecule has 3 fully saturated rings. The van der Waals surface area contributed by atoms with E-state index >= 15 is 0 Å². The summed E-state index contributed by atoms with van der Waals surface area (Å²) in [6.07, 6.45) is 10.1. The number of nitrogens with one attached hydrogen (secondary N) is 2. The summed E-state index contributed by atoms with van der Waals surface area (Å²) < 4.78 is 1.95. The second-order valence-electron chi connectivity index (χ2n) is 10.1. The highest BCUT2D eigenvalue weighted by Gasteiger charge is 2.31. The van der Waals surface area contributed by atoms with E-state index in [-0.39, 0.29) is 29.0 Å². The molecule has 7 nitrogen and oxygen atoms in total. The maximum atomic E-state index is 12.7. The molecule has 3 heterocycles. The van der Waals surface area contributed by atoms with Crippen LogP contribution in [0.25, 0.3) is 10.2 Å². The molecule has 0 aromatic carbocycles. The fraction of sp³-hybridized carbons (Fsp3) is 0.708. The first-order chi connectivity index (χ1) is 15.6. The fourth-order valence-electron chi connectivity index (χ4n) is 6.02. The summed E-state index contributed by atoms with van der Waals surface area (Å²) in [6, 6.07) is 2.56. The lowest BCUT2D eigenvalue weighted by molar-refractivity contribution is -0.126. The van der Waals surface area contributed by atoms with Gasteiger partial charge in [0, 0.05) is 31.6 Å². The summed E-state index contributed by atoms with van der Waals surface area (Å²) in [5.74, 6) is 1.11. The van der Waals surface area contributed by atoms with E-state index in [9.17, 15) is 14.4 Å². The first kappa shape index (κ1) is 21.9. The smallest absolute Gasteiger partial charge is 0.328 e. The number of nitrogens with zero attached hydrogens (tertiary/aromatic N) is 2. The zero-order valence-corrected chi connectivity index (χ0v) is 19.5. The van der Waals surface area contributed by atoms with E-state index in [1.807, 2.05) is 5.38 Å². The summed E-state index contributed by atoms with van der Waals surface area (Å²) >= 11 is 1.37. The molecule has 1 unspecified atom stereocenters. The molecule has 2 aromatic heterocycles. The van der Waals surface area contributed by atoms with Crippen LogP contribution in [0.4, 0.5) is 0 Å². The number of thiophene rings is 1. The number of hydrogen-bond donors (Lipinski definition) is 2. The second kappa shape index (κ2) is 9.51. The SMILES string of the molecule is O=C(NCC1CCN(C2CCCC2)C1)C1CCC(Cn2c(=O)[nH]c3ccsc3c2=O)CC1. The zero-order valence-electron chi connectivity index (χ0n) is 18.7. The van der Waals surface area contributed by atoms with Crippen LogP contribution in [-0.2, 0) is 11.3 Å². The van der Waals surface area contributed by atoms with E-state index in [4.69, 9.17) is 0 Å². The average Bonchev–Trinajstić information content (AvgIpc) is 3.56. The summed E-state index contributed by atoms with van der Waals surface area (Å²) in [4.78, 5) is 43.2. The number of H-pyrrole nitrogens is 1. The third kappa shape index (κ3) is 4.57. The van der Waals surface area contributed by atoms with Crippen molar-refractivity contribution < 1.29 is 4.79 Å². The monoisotopic (exact) mass is 458 g/mol.